The van der Waals surface area contributed by atoms with Crippen LogP contribution in [0.1, 0.15) is 19.3 Å². The minimum Gasteiger partial charge on any atom is -0.381 e. The molecule has 1 atom stereocenters. The zero-order chi connectivity index (χ0) is 12.9. The van der Waals surface area contributed by atoms with Crippen LogP contribution in [0.25, 0.3) is 10.9 Å². The number of aromatic nitrogens is 3. The summed E-state index contributed by atoms with van der Waals surface area (Å²) in [4.78, 5) is 20.5. The predicted octanol–water partition coefficient (Wildman–Crippen LogP) is 1.32. The van der Waals surface area contributed by atoms with E-state index < -0.39 is 0 Å². The third kappa shape index (κ3) is 1.61. The van der Waals surface area contributed by atoms with Gasteiger partial charge in [-0.1, -0.05) is 0 Å². The summed E-state index contributed by atoms with van der Waals surface area (Å²) in [5.74, 6) is 0.465. The fourth-order valence-electron chi connectivity index (χ4n) is 3.24. The topological polar surface area (TPSA) is 57.0 Å². The Kier molecular flexibility index (Phi) is 2.26. The van der Waals surface area contributed by atoms with E-state index in [4.69, 9.17) is 4.74 Å². The first-order valence-electron chi connectivity index (χ1n) is 6.70. The van der Waals surface area contributed by atoms with Gasteiger partial charge in [0.2, 0.25) is 0 Å². The molecule has 5 nitrogen and oxygen atoms in total. The number of pyridine rings is 1. The van der Waals surface area contributed by atoms with Crippen molar-refractivity contribution in [3.05, 3.63) is 35.1 Å². The average Bonchev–Trinajstić information content (AvgIpc) is 3.04. The summed E-state index contributed by atoms with van der Waals surface area (Å²) >= 11 is 0. The van der Waals surface area contributed by atoms with E-state index in [1.807, 2.05) is 10.8 Å². The van der Waals surface area contributed by atoms with Crippen LogP contribution in [0.15, 0.2) is 29.6 Å². The van der Waals surface area contributed by atoms with E-state index in [0.717, 1.165) is 43.4 Å². The molecule has 0 N–H and O–H groups in total. The van der Waals surface area contributed by atoms with Gasteiger partial charge in [-0.15, -0.1) is 0 Å². The molecule has 4 rings (SSSR count). The number of rotatable bonds is 2. The van der Waals surface area contributed by atoms with Crippen molar-refractivity contribution < 1.29 is 4.74 Å². The fourth-order valence-corrected chi connectivity index (χ4v) is 3.24. The Morgan fingerprint density at radius 3 is 3.05 bits per heavy atom. The van der Waals surface area contributed by atoms with E-state index in [1.165, 1.54) is 6.33 Å². The molecule has 0 aromatic carbocycles. The lowest BCUT2D eigenvalue weighted by molar-refractivity contribution is 0.167. The molecule has 3 heterocycles. The van der Waals surface area contributed by atoms with Gasteiger partial charge in [-0.25, -0.2) is 9.97 Å². The Balaban J connectivity index is 1.86. The van der Waals surface area contributed by atoms with Crippen molar-refractivity contribution in [3.63, 3.8) is 0 Å². The maximum Gasteiger partial charge on any atom is 0.253 e. The standard InChI is InChI=1S/C14H15N3O2/c18-13-5-12-10(6-15-9-16-12)7-17(13)14(2-3-14)11-1-4-19-8-11/h5-7,9,11H,1-4,8H2. The normalized spacial score (nSPS) is 24.7. The minimum atomic E-state index is -0.0163. The van der Waals surface area contributed by atoms with Crippen molar-refractivity contribution in [2.75, 3.05) is 13.2 Å². The van der Waals surface area contributed by atoms with Crippen molar-refractivity contribution in [1.29, 1.82) is 0 Å². The molecule has 2 aliphatic rings. The Bertz CT molecular complexity index is 684. The monoisotopic (exact) mass is 257 g/mol. The molecule has 1 saturated heterocycles. The third-order valence-corrected chi connectivity index (χ3v) is 4.47. The van der Waals surface area contributed by atoms with Crippen LogP contribution in [0.4, 0.5) is 0 Å². The first-order chi connectivity index (χ1) is 9.29. The first-order valence-corrected chi connectivity index (χ1v) is 6.70. The third-order valence-electron chi connectivity index (χ3n) is 4.47. The lowest BCUT2D eigenvalue weighted by Gasteiger charge is -2.24. The molecule has 1 aliphatic heterocycles. The van der Waals surface area contributed by atoms with Gasteiger partial charge in [0.05, 0.1) is 17.7 Å². The van der Waals surface area contributed by atoms with Crippen molar-refractivity contribution in [2.45, 2.75) is 24.8 Å². The molecule has 5 heteroatoms. The molecule has 2 aromatic heterocycles. The van der Waals surface area contributed by atoms with E-state index in [0.29, 0.717) is 5.92 Å². The molecule has 0 radical (unpaired) electrons. The molecule has 0 amide bonds. The summed E-state index contributed by atoms with van der Waals surface area (Å²) in [5.41, 5.74) is 0.739. The number of hydrogen-bond donors (Lipinski definition) is 0. The second-order valence-electron chi connectivity index (χ2n) is 5.51. The van der Waals surface area contributed by atoms with Gasteiger partial charge >= 0.3 is 0 Å². The van der Waals surface area contributed by atoms with Gasteiger partial charge in [0.15, 0.2) is 0 Å². The molecule has 2 aromatic rings. The highest BCUT2D eigenvalue weighted by atomic mass is 16.5. The first kappa shape index (κ1) is 11.1. The molecule has 1 aliphatic carbocycles. The van der Waals surface area contributed by atoms with E-state index in [2.05, 4.69) is 9.97 Å². The minimum absolute atomic E-state index is 0.0163. The van der Waals surface area contributed by atoms with Crippen LogP contribution in [0.5, 0.6) is 0 Å². The average molecular weight is 257 g/mol. The molecule has 1 unspecified atom stereocenters. The Morgan fingerprint density at radius 1 is 1.42 bits per heavy atom. The van der Waals surface area contributed by atoms with Gasteiger partial charge in [-0.05, 0) is 19.3 Å². The molecule has 0 bridgehead atoms. The smallest absolute Gasteiger partial charge is 0.253 e. The molecule has 1 saturated carbocycles. The highest BCUT2D eigenvalue weighted by molar-refractivity contribution is 5.75. The van der Waals surface area contributed by atoms with Crippen molar-refractivity contribution in [3.8, 4) is 0 Å². The van der Waals surface area contributed by atoms with Gasteiger partial charge in [-0.2, -0.15) is 0 Å². The van der Waals surface area contributed by atoms with Crippen LogP contribution in [-0.2, 0) is 10.3 Å². The van der Waals surface area contributed by atoms with Gasteiger partial charge in [0, 0.05) is 36.4 Å². The number of ether oxygens (including phenoxy) is 1. The van der Waals surface area contributed by atoms with Gasteiger partial charge < -0.3 is 9.30 Å². The highest BCUT2D eigenvalue weighted by Gasteiger charge is 2.52. The summed E-state index contributed by atoms with van der Waals surface area (Å²) in [6.45, 7) is 1.59. The van der Waals surface area contributed by atoms with Crippen LogP contribution in [0.2, 0.25) is 0 Å². The van der Waals surface area contributed by atoms with E-state index >= 15 is 0 Å². The SMILES string of the molecule is O=c1cc2ncncc2cn1C1(C2CCOC2)CC1. The maximum atomic E-state index is 12.3. The zero-order valence-corrected chi connectivity index (χ0v) is 10.6. The largest absolute Gasteiger partial charge is 0.381 e. The van der Waals surface area contributed by atoms with Gasteiger partial charge in [-0.3, -0.25) is 4.79 Å². The van der Waals surface area contributed by atoms with E-state index in [1.54, 1.807) is 12.3 Å². The van der Waals surface area contributed by atoms with E-state index in [9.17, 15) is 4.79 Å². The summed E-state index contributed by atoms with van der Waals surface area (Å²) in [7, 11) is 0. The van der Waals surface area contributed by atoms with Crippen LogP contribution < -0.4 is 5.56 Å². The molecule has 0 spiro atoms. The second-order valence-corrected chi connectivity index (χ2v) is 5.51. The van der Waals surface area contributed by atoms with Crippen LogP contribution >= 0.6 is 0 Å². The van der Waals surface area contributed by atoms with Crippen molar-refractivity contribution in [2.24, 2.45) is 5.92 Å². The summed E-state index contributed by atoms with van der Waals surface area (Å²) in [6.07, 6.45) is 8.35. The van der Waals surface area contributed by atoms with Crippen molar-refractivity contribution in [1.82, 2.24) is 14.5 Å². The molecular formula is C14H15N3O2. The molecular weight excluding hydrogens is 242 g/mol. The zero-order valence-electron chi connectivity index (χ0n) is 10.6. The summed E-state index contributed by atoms with van der Waals surface area (Å²) in [5, 5.41) is 0.923. The van der Waals surface area contributed by atoms with Crippen LogP contribution in [0, 0.1) is 5.92 Å². The predicted molar refractivity (Wildman–Crippen MR) is 69.9 cm³/mol. The summed E-state index contributed by atoms with van der Waals surface area (Å²) < 4.78 is 7.39. The molecule has 2 fully saturated rings. The Morgan fingerprint density at radius 2 is 2.32 bits per heavy atom. The summed E-state index contributed by atoms with van der Waals surface area (Å²) in [6, 6.07) is 1.62. The van der Waals surface area contributed by atoms with Gasteiger partial charge in [0.25, 0.3) is 5.56 Å². The van der Waals surface area contributed by atoms with Crippen LogP contribution in [-0.4, -0.2) is 27.7 Å². The van der Waals surface area contributed by atoms with E-state index in [-0.39, 0.29) is 11.1 Å². The quantitative estimate of drug-likeness (QED) is 0.814. The lowest BCUT2D eigenvalue weighted by atomic mass is 9.96. The lowest BCUT2D eigenvalue weighted by Crippen LogP contribution is -2.35. The number of fused-ring (bicyclic) bond motifs is 1. The number of hydrogen-bond acceptors (Lipinski definition) is 4. The highest BCUT2D eigenvalue weighted by Crippen LogP contribution is 2.51. The maximum absolute atomic E-state index is 12.3. The van der Waals surface area contributed by atoms with Gasteiger partial charge in [0.1, 0.15) is 6.33 Å². The second kappa shape index (κ2) is 3.87. The molecule has 19 heavy (non-hydrogen) atoms. The molecule has 98 valence electrons. The number of nitrogens with zero attached hydrogens (tertiary/aromatic N) is 3. The van der Waals surface area contributed by atoms with Crippen molar-refractivity contribution >= 4 is 10.9 Å². The fraction of sp³-hybridized carbons (Fsp3) is 0.500. The Hall–Kier alpha value is -1.75. The van der Waals surface area contributed by atoms with Crippen LogP contribution in [0.3, 0.4) is 0 Å². The Labute approximate surface area is 110 Å².